The van der Waals surface area contributed by atoms with Gasteiger partial charge in [-0.15, -0.1) is 0 Å². The zero-order valence-electron chi connectivity index (χ0n) is 11.7. The highest BCUT2D eigenvalue weighted by atomic mass is 16.2. The Kier molecular flexibility index (Phi) is 3.55. The standard InChI is InChI=1S/C16H16N4O/c1-12(13-7-3-2-4-8-13)18-16(21)19-20-11-17-14-9-5-6-10-15(14)20/h2-12H,1H3,(H2,18,19,21)/t12-/m0/s1. The minimum atomic E-state index is -0.269. The predicted octanol–water partition coefficient (Wildman–Crippen LogP) is 3.05. The van der Waals surface area contributed by atoms with E-state index < -0.39 is 0 Å². The second kappa shape index (κ2) is 5.66. The van der Waals surface area contributed by atoms with Crippen LogP contribution in [0, 0.1) is 0 Å². The number of carbonyl (C=O) groups excluding carboxylic acids is 1. The summed E-state index contributed by atoms with van der Waals surface area (Å²) < 4.78 is 1.61. The monoisotopic (exact) mass is 280 g/mol. The van der Waals surface area contributed by atoms with Gasteiger partial charge in [-0.2, -0.15) is 0 Å². The van der Waals surface area contributed by atoms with Gasteiger partial charge in [0.1, 0.15) is 6.33 Å². The molecular formula is C16H16N4O. The Morgan fingerprint density at radius 2 is 1.81 bits per heavy atom. The van der Waals surface area contributed by atoms with Crippen molar-refractivity contribution in [1.29, 1.82) is 0 Å². The van der Waals surface area contributed by atoms with Crippen LogP contribution in [-0.4, -0.2) is 15.7 Å². The van der Waals surface area contributed by atoms with Crippen LogP contribution >= 0.6 is 0 Å². The molecule has 0 fully saturated rings. The Labute approximate surface area is 122 Å². The van der Waals surface area contributed by atoms with Gasteiger partial charge < -0.3 is 5.32 Å². The van der Waals surface area contributed by atoms with Crippen molar-refractivity contribution in [2.45, 2.75) is 13.0 Å². The summed E-state index contributed by atoms with van der Waals surface area (Å²) in [5.41, 5.74) is 5.53. The molecule has 0 bridgehead atoms. The highest BCUT2D eigenvalue weighted by Crippen LogP contribution is 2.12. The molecule has 5 nitrogen and oxygen atoms in total. The number of carbonyl (C=O) groups is 1. The number of aromatic nitrogens is 2. The van der Waals surface area contributed by atoms with Gasteiger partial charge in [0.15, 0.2) is 0 Å². The first-order valence-corrected chi connectivity index (χ1v) is 6.78. The number of nitrogens with one attached hydrogen (secondary N) is 2. The molecule has 0 unspecified atom stereocenters. The molecule has 0 aliphatic carbocycles. The average molecular weight is 280 g/mol. The van der Waals surface area contributed by atoms with Crippen molar-refractivity contribution in [2.24, 2.45) is 0 Å². The van der Waals surface area contributed by atoms with E-state index in [-0.39, 0.29) is 12.1 Å². The number of benzene rings is 2. The van der Waals surface area contributed by atoms with Crippen LogP contribution in [0.15, 0.2) is 60.9 Å². The molecule has 21 heavy (non-hydrogen) atoms. The Balaban J connectivity index is 1.69. The van der Waals surface area contributed by atoms with E-state index in [0.717, 1.165) is 16.6 Å². The molecule has 106 valence electrons. The Morgan fingerprint density at radius 3 is 2.62 bits per heavy atom. The topological polar surface area (TPSA) is 59.0 Å². The van der Waals surface area contributed by atoms with Gasteiger partial charge in [0, 0.05) is 0 Å². The van der Waals surface area contributed by atoms with E-state index in [4.69, 9.17) is 0 Å². The van der Waals surface area contributed by atoms with Crippen molar-refractivity contribution >= 4 is 17.1 Å². The maximum atomic E-state index is 12.1. The molecule has 2 amide bonds. The van der Waals surface area contributed by atoms with Gasteiger partial charge in [-0.1, -0.05) is 42.5 Å². The number of nitrogens with zero attached hydrogens (tertiary/aromatic N) is 2. The largest absolute Gasteiger partial charge is 0.334 e. The fourth-order valence-electron chi connectivity index (χ4n) is 2.21. The van der Waals surface area contributed by atoms with Gasteiger partial charge in [0.25, 0.3) is 0 Å². The molecule has 2 N–H and O–H groups in total. The number of amides is 2. The number of urea groups is 1. The molecule has 5 heteroatoms. The number of rotatable bonds is 3. The molecule has 1 atom stereocenters. The number of fused-ring (bicyclic) bond motifs is 1. The third kappa shape index (κ3) is 2.86. The summed E-state index contributed by atoms with van der Waals surface area (Å²) in [6, 6.07) is 17.1. The summed E-state index contributed by atoms with van der Waals surface area (Å²) in [6.45, 7) is 1.95. The summed E-state index contributed by atoms with van der Waals surface area (Å²) >= 11 is 0. The summed E-state index contributed by atoms with van der Waals surface area (Å²) in [5, 5.41) is 2.90. The van der Waals surface area contributed by atoms with Gasteiger partial charge in [-0.05, 0) is 24.6 Å². The van der Waals surface area contributed by atoms with E-state index in [0.29, 0.717) is 0 Å². The minimum Gasteiger partial charge on any atom is -0.330 e. The second-order valence-corrected chi connectivity index (χ2v) is 4.82. The van der Waals surface area contributed by atoms with Crippen molar-refractivity contribution in [2.75, 3.05) is 5.43 Å². The highest BCUT2D eigenvalue weighted by molar-refractivity contribution is 5.85. The molecule has 0 saturated heterocycles. The fraction of sp³-hybridized carbons (Fsp3) is 0.125. The maximum Gasteiger partial charge on any atom is 0.334 e. The summed E-state index contributed by atoms with van der Waals surface area (Å²) in [4.78, 5) is 16.3. The highest BCUT2D eigenvalue weighted by Gasteiger charge is 2.10. The molecule has 0 aliphatic heterocycles. The lowest BCUT2D eigenvalue weighted by molar-refractivity contribution is 0.247. The summed E-state index contributed by atoms with van der Waals surface area (Å²) in [7, 11) is 0. The van der Waals surface area contributed by atoms with Crippen LogP contribution < -0.4 is 10.7 Å². The molecule has 0 saturated carbocycles. The average Bonchev–Trinajstić information content (AvgIpc) is 2.91. The van der Waals surface area contributed by atoms with Gasteiger partial charge in [-0.25, -0.2) is 19.9 Å². The number of hydrogen-bond donors (Lipinski definition) is 2. The van der Waals surface area contributed by atoms with Gasteiger partial charge >= 0.3 is 6.03 Å². The number of para-hydroxylation sites is 2. The van der Waals surface area contributed by atoms with Crippen molar-refractivity contribution in [3.05, 3.63) is 66.5 Å². The molecule has 3 aromatic rings. The third-order valence-electron chi connectivity index (χ3n) is 3.32. The molecular weight excluding hydrogens is 264 g/mol. The van der Waals surface area contributed by atoms with Crippen molar-refractivity contribution < 1.29 is 4.79 Å². The number of hydrogen-bond acceptors (Lipinski definition) is 2. The van der Waals surface area contributed by atoms with E-state index in [1.165, 1.54) is 0 Å². The quantitative estimate of drug-likeness (QED) is 0.774. The minimum absolute atomic E-state index is 0.0685. The first-order chi connectivity index (χ1) is 10.2. The third-order valence-corrected chi connectivity index (χ3v) is 3.32. The van der Waals surface area contributed by atoms with Crippen LogP contribution in [0.4, 0.5) is 4.79 Å². The van der Waals surface area contributed by atoms with Crippen LogP contribution in [0.25, 0.3) is 11.0 Å². The molecule has 1 heterocycles. The predicted molar refractivity (Wildman–Crippen MR) is 82.5 cm³/mol. The van der Waals surface area contributed by atoms with E-state index >= 15 is 0 Å². The smallest absolute Gasteiger partial charge is 0.330 e. The van der Waals surface area contributed by atoms with E-state index in [1.54, 1.807) is 11.0 Å². The lowest BCUT2D eigenvalue weighted by atomic mass is 10.1. The summed E-state index contributed by atoms with van der Waals surface area (Å²) in [5.74, 6) is 0. The van der Waals surface area contributed by atoms with Gasteiger partial charge in [-0.3, -0.25) is 0 Å². The van der Waals surface area contributed by atoms with Crippen LogP contribution in [0.5, 0.6) is 0 Å². The van der Waals surface area contributed by atoms with Crippen LogP contribution in [0.2, 0.25) is 0 Å². The maximum absolute atomic E-state index is 12.1. The van der Waals surface area contributed by atoms with E-state index in [1.807, 2.05) is 61.5 Å². The SMILES string of the molecule is C[C@H](NC(=O)Nn1cnc2ccccc21)c1ccccc1. The Morgan fingerprint density at radius 1 is 1.10 bits per heavy atom. The Hall–Kier alpha value is -2.82. The molecule has 0 spiro atoms. The van der Waals surface area contributed by atoms with Gasteiger partial charge in [0.2, 0.25) is 0 Å². The lowest BCUT2D eigenvalue weighted by Gasteiger charge is -2.15. The van der Waals surface area contributed by atoms with Crippen molar-refractivity contribution in [3.8, 4) is 0 Å². The second-order valence-electron chi connectivity index (χ2n) is 4.82. The molecule has 1 aromatic heterocycles. The normalized spacial score (nSPS) is 12.0. The van der Waals surface area contributed by atoms with Crippen LogP contribution in [0.1, 0.15) is 18.5 Å². The lowest BCUT2D eigenvalue weighted by Crippen LogP contribution is -2.35. The fourth-order valence-corrected chi connectivity index (χ4v) is 2.21. The number of imidazole rings is 1. The van der Waals surface area contributed by atoms with Crippen LogP contribution in [-0.2, 0) is 0 Å². The van der Waals surface area contributed by atoms with Crippen LogP contribution in [0.3, 0.4) is 0 Å². The van der Waals surface area contributed by atoms with Crippen molar-refractivity contribution in [3.63, 3.8) is 0 Å². The van der Waals surface area contributed by atoms with E-state index in [9.17, 15) is 4.79 Å². The zero-order valence-corrected chi connectivity index (χ0v) is 11.7. The first kappa shape index (κ1) is 13.2. The zero-order chi connectivity index (χ0) is 14.7. The molecule has 0 radical (unpaired) electrons. The van der Waals surface area contributed by atoms with Gasteiger partial charge in [0.05, 0.1) is 17.1 Å². The Bertz CT molecular complexity index is 751. The molecule has 2 aromatic carbocycles. The van der Waals surface area contributed by atoms with E-state index in [2.05, 4.69) is 15.7 Å². The molecule has 0 aliphatic rings. The first-order valence-electron chi connectivity index (χ1n) is 6.78. The summed E-state index contributed by atoms with van der Waals surface area (Å²) in [6.07, 6.45) is 1.59. The van der Waals surface area contributed by atoms with Crippen molar-refractivity contribution in [1.82, 2.24) is 15.0 Å². The molecule has 3 rings (SSSR count).